The van der Waals surface area contributed by atoms with Crippen LogP contribution in [0, 0.1) is 12.7 Å². The molecule has 0 amide bonds. The number of piperidine rings is 1. The Balaban J connectivity index is 0.00000149. The molecule has 1 saturated heterocycles. The summed E-state index contributed by atoms with van der Waals surface area (Å²) < 4.78 is 46.0. The molecule has 2 N–H and O–H groups in total. The molecule has 1 aliphatic heterocycles. The van der Waals surface area contributed by atoms with Gasteiger partial charge in [-0.25, -0.2) is 23.1 Å². The maximum Gasteiger partial charge on any atom is 0.266 e. The number of halogens is 3. The Morgan fingerprint density at radius 3 is 2.55 bits per heavy atom. The second kappa shape index (κ2) is 11.3. The van der Waals surface area contributed by atoms with Crippen LogP contribution in [-0.2, 0) is 6.54 Å². The molecule has 33 heavy (non-hydrogen) atoms. The van der Waals surface area contributed by atoms with Crippen molar-refractivity contribution < 1.29 is 17.9 Å². The summed E-state index contributed by atoms with van der Waals surface area (Å²) in [6, 6.07) is 5.97. The van der Waals surface area contributed by atoms with E-state index in [4.69, 9.17) is 4.74 Å². The fourth-order valence-electron chi connectivity index (χ4n) is 3.97. The molecule has 0 aliphatic carbocycles. The van der Waals surface area contributed by atoms with Crippen LogP contribution in [-0.4, -0.2) is 35.2 Å². The molecule has 1 aliphatic rings. The summed E-state index contributed by atoms with van der Waals surface area (Å²) in [5.41, 5.74) is 0.981. The number of hydrogen-bond acceptors (Lipinski definition) is 6. The van der Waals surface area contributed by atoms with Gasteiger partial charge in [-0.3, -0.25) is 0 Å². The van der Waals surface area contributed by atoms with E-state index in [1.807, 2.05) is 19.9 Å². The Morgan fingerprint density at radius 1 is 1.15 bits per heavy atom. The van der Waals surface area contributed by atoms with E-state index in [2.05, 4.69) is 25.6 Å². The normalized spacial score (nSPS) is 14.2. The number of pyridine rings is 1. The largest absolute Gasteiger partial charge is 0.481 e. The monoisotopic (exact) mass is 461 g/mol. The van der Waals surface area contributed by atoms with E-state index in [9.17, 15) is 13.2 Å². The van der Waals surface area contributed by atoms with Gasteiger partial charge in [0.05, 0.1) is 18.1 Å². The van der Waals surface area contributed by atoms with Crippen molar-refractivity contribution in [2.45, 2.75) is 52.5 Å². The lowest BCUT2D eigenvalue weighted by Gasteiger charge is -2.24. The molecule has 2 aromatic heterocycles. The molecular weight excluding hydrogens is 431 g/mol. The summed E-state index contributed by atoms with van der Waals surface area (Å²) in [5.74, 6) is 0.896. The Bertz CT molecular complexity index is 1090. The lowest BCUT2D eigenvalue weighted by atomic mass is 9.90. The van der Waals surface area contributed by atoms with Gasteiger partial charge in [-0.1, -0.05) is 32.0 Å². The van der Waals surface area contributed by atoms with Crippen LogP contribution in [0.15, 0.2) is 24.3 Å². The van der Waals surface area contributed by atoms with Crippen molar-refractivity contribution in [3.63, 3.8) is 0 Å². The van der Waals surface area contributed by atoms with E-state index < -0.39 is 17.8 Å². The molecule has 6 nitrogen and oxygen atoms in total. The summed E-state index contributed by atoms with van der Waals surface area (Å²) in [6.07, 6.45) is -0.943. The predicted octanol–water partition coefficient (Wildman–Crippen LogP) is 5.52. The minimum Gasteiger partial charge on any atom is -0.481 e. The molecule has 0 saturated carbocycles. The SMILES string of the molecule is CC.COc1nc2nc(C)nc(NCc3cccc(C(F)F)c3F)c2cc1C1CCNCC1. The average molecular weight is 462 g/mol. The van der Waals surface area contributed by atoms with Crippen molar-refractivity contribution in [3.05, 3.63) is 52.6 Å². The van der Waals surface area contributed by atoms with Crippen LogP contribution in [0.5, 0.6) is 5.88 Å². The van der Waals surface area contributed by atoms with Gasteiger partial charge in [0.1, 0.15) is 17.5 Å². The number of benzene rings is 1. The van der Waals surface area contributed by atoms with Crippen LogP contribution in [0.2, 0.25) is 0 Å². The first-order chi connectivity index (χ1) is 16.0. The van der Waals surface area contributed by atoms with E-state index in [1.165, 1.54) is 12.1 Å². The number of methoxy groups -OCH3 is 1. The van der Waals surface area contributed by atoms with E-state index in [-0.39, 0.29) is 12.1 Å². The van der Waals surface area contributed by atoms with E-state index in [0.29, 0.717) is 34.5 Å². The third-order valence-corrected chi connectivity index (χ3v) is 5.55. The lowest BCUT2D eigenvalue weighted by molar-refractivity contribution is 0.146. The van der Waals surface area contributed by atoms with Crippen molar-refractivity contribution in [3.8, 4) is 5.88 Å². The number of alkyl halides is 2. The molecule has 0 unspecified atom stereocenters. The highest BCUT2D eigenvalue weighted by atomic mass is 19.3. The zero-order valence-corrected chi connectivity index (χ0v) is 19.4. The van der Waals surface area contributed by atoms with Crippen molar-refractivity contribution in [1.29, 1.82) is 0 Å². The van der Waals surface area contributed by atoms with Crippen LogP contribution in [0.25, 0.3) is 11.0 Å². The van der Waals surface area contributed by atoms with Crippen LogP contribution >= 0.6 is 0 Å². The highest BCUT2D eigenvalue weighted by Gasteiger charge is 2.22. The number of anilines is 1. The van der Waals surface area contributed by atoms with E-state index in [1.54, 1.807) is 14.0 Å². The molecule has 0 atom stereocenters. The summed E-state index contributed by atoms with van der Waals surface area (Å²) in [7, 11) is 1.59. The highest BCUT2D eigenvalue weighted by molar-refractivity contribution is 5.87. The Kier molecular flexibility index (Phi) is 8.43. The number of hydrogen-bond donors (Lipinski definition) is 2. The number of aryl methyl sites for hydroxylation is 1. The maximum atomic E-state index is 14.4. The third kappa shape index (κ3) is 5.52. The molecule has 9 heteroatoms. The van der Waals surface area contributed by atoms with Gasteiger partial charge < -0.3 is 15.4 Å². The van der Waals surface area contributed by atoms with Crippen molar-refractivity contribution in [2.75, 3.05) is 25.5 Å². The number of fused-ring (bicyclic) bond motifs is 1. The fourth-order valence-corrected chi connectivity index (χ4v) is 3.97. The van der Waals surface area contributed by atoms with Crippen molar-refractivity contribution >= 4 is 16.9 Å². The first-order valence-corrected chi connectivity index (χ1v) is 11.2. The third-order valence-electron chi connectivity index (χ3n) is 5.55. The molecule has 0 spiro atoms. The Labute approximate surface area is 192 Å². The number of rotatable bonds is 6. The van der Waals surface area contributed by atoms with Crippen LogP contribution in [0.4, 0.5) is 19.0 Å². The van der Waals surface area contributed by atoms with Gasteiger partial charge in [0.2, 0.25) is 5.88 Å². The first-order valence-electron chi connectivity index (χ1n) is 11.2. The van der Waals surface area contributed by atoms with Crippen LogP contribution < -0.4 is 15.4 Å². The summed E-state index contributed by atoms with van der Waals surface area (Å²) in [5, 5.41) is 7.12. The van der Waals surface area contributed by atoms with Gasteiger partial charge in [0, 0.05) is 17.7 Å². The molecule has 3 heterocycles. The zero-order valence-electron chi connectivity index (χ0n) is 19.4. The standard InChI is InChI=1S/C22H24F3N5O.C2H6/c1-12-28-20(27-11-14-4-3-5-15(18(14)23)19(24)25)17-10-16(13-6-8-26-9-7-13)22(31-2)30-21(17)29-12;1-2/h3-5,10,13,19,26H,6-9,11H2,1-2H3,(H,27,28,29,30);1-2H3. The van der Waals surface area contributed by atoms with Gasteiger partial charge in [-0.05, 0) is 44.8 Å². The molecule has 1 aromatic carbocycles. The summed E-state index contributed by atoms with van der Waals surface area (Å²) >= 11 is 0. The fraction of sp³-hybridized carbons (Fsp3) is 0.458. The van der Waals surface area contributed by atoms with Gasteiger partial charge in [0.25, 0.3) is 6.43 Å². The van der Waals surface area contributed by atoms with Crippen molar-refractivity contribution in [1.82, 2.24) is 20.3 Å². The molecular formula is C24H30F3N5O. The summed E-state index contributed by atoms with van der Waals surface area (Å²) in [4.78, 5) is 13.5. The predicted molar refractivity (Wildman–Crippen MR) is 123 cm³/mol. The second-order valence-corrected chi connectivity index (χ2v) is 7.58. The number of aromatic nitrogens is 3. The van der Waals surface area contributed by atoms with E-state index >= 15 is 0 Å². The molecule has 4 rings (SSSR count). The average Bonchev–Trinajstić information content (AvgIpc) is 2.84. The highest BCUT2D eigenvalue weighted by Crippen LogP contribution is 2.35. The van der Waals surface area contributed by atoms with Gasteiger partial charge in [0.15, 0.2) is 5.65 Å². The molecule has 0 bridgehead atoms. The summed E-state index contributed by atoms with van der Waals surface area (Å²) in [6.45, 7) is 7.58. The van der Waals surface area contributed by atoms with Gasteiger partial charge >= 0.3 is 0 Å². The maximum absolute atomic E-state index is 14.4. The Hall–Kier alpha value is -2.94. The first kappa shape index (κ1) is 24.7. The van der Waals surface area contributed by atoms with Gasteiger partial charge in [-0.15, -0.1) is 0 Å². The second-order valence-electron chi connectivity index (χ2n) is 7.58. The molecule has 178 valence electrons. The molecule has 1 fully saturated rings. The number of ether oxygens (including phenoxy) is 1. The number of nitrogens with one attached hydrogen (secondary N) is 2. The minimum absolute atomic E-state index is 0.00660. The number of nitrogens with zero attached hydrogens (tertiary/aromatic N) is 3. The quantitative estimate of drug-likeness (QED) is 0.503. The topological polar surface area (TPSA) is 72.0 Å². The zero-order chi connectivity index (χ0) is 24.0. The van der Waals surface area contributed by atoms with Gasteiger partial charge in [-0.2, -0.15) is 4.98 Å². The van der Waals surface area contributed by atoms with Crippen LogP contribution in [0.1, 0.15) is 61.5 Å². The van der Waals surface area contributed by atoms with E-state index in [0.717, 1.165) is 37.6 Å². The Morgan fingerprint density at radius 2 is 1.88 bits per heavy atom. The smallest absolute Gasteiger partial charge is 0.266 e. The minimum atomic E-state index is -2.87. The van der Waals surface area contributed by atoms with Crippen molar-refractivity contribution in [2.24, 2.45) is 0 Å². The lowest BCUT2D eigenvalue weighted by Crippen LogP contribution is -2.27. The molecule has 3 aromatic rings. The van der Waals surface area contributed by atoms with Crippen LogP contribution in [0.3, 0.4) is 0 Å². The molecule has 0 radical (unpaired) electrons.